The van der Waals surface area contributed by atoms with Crippen LogP contribution in [0.2, 0.25) is 5.02 Å². The Morgan fingerprint density at radius 3 is 2.86 bits per heavy atom. The number of amides is 1. The predicted molar refractivity (Wildman–Crippen MR) is 117 cm³/mol. The van der Waals surface area contributed by atoms with E-state index in [4.69, 9.17) is 16.3 Å². The van der Waals surface area contributed by atoms with Crippen LogP contribution in [0.4, 0.5) is 0 Å². The number of halogens is 1. The summed E-state index contributed by atoms with van der Waals surface area (Å²) in [7, 11) is 1.73. The van der Waals surface area contributed by atoms with Crippen LogP contribution < -0.4 is 5.32 Å². The Kier molecular flexibility index (Phi) is 6.47. The molecule has 1 saturated heterocycles. The lowest BCUT2D eigenvalue weighted by molar-refractivity contribution is -0.137. The summed E-state index contributed by atoms with van der Waals surface area (Å²) in [6.45, 7) is 4.71. The van der Waals surface area contributed by atoms with E-state index in [2.05, 4.69) is 39.9 Å². The van der Waals surface area contributed by atoms with Crippen LogP contribution >= 0.6 is 11.6 Å². The first kappa shape index (κ1) is 20.7. The van der Waals surface area contributed by atoms with Gasteiger partial charge in [-0.1, -0.05) is 30.2 Å². The fraction of sp³-hybridized carbons (Fsp3) is 0.609. The van der Waals surface area contributed by atoms with Crippen LogP contribution in [0.15, 0.2) is 24.4 Å². The summed E-state index contributed by atoms with van der Waals surface area (Å²) < 4.78 is 7.40. The highest BCUT2D eigenvalue weighted by atomic mass is 35.5. The number of carbonyl (C=O) groups excluding carboxylic acids is 1. The molecule has 1 aromatic heterocycles. The minimum absolute atomic E-state index is 0.0251. The van der Waals surface area contributed by atoms with Gasteiger partial charge < -0.3 is 19.5 Å². The molecule has 4 rings (SSSR count). The Labute approximate surface area is 178 Å². The Bertz CT molecular complexity index is 855. The summed E-state index contributed by atoms with van der Waals surface area (Å²) in [5.41, 5.74) is 2.31. The molecule has 2 aromatic rings. The molecule has 2 aliphatic rings. The molecule has 5 nitrogen and oxygen atoms in total. The van der Waals surface area contributed by atoms with Crippen molar-refractivity contribution >= 4 is 28.4 Å². The monoisotopic (exact) mass is 417 g/mol. The number of fused-ring (bicyclic) bond motifs is 1. The van der Waals surface area contributed by atoms with Crippen LogP contribution in [0.3, 0.4) is 0 Å². The smallest absolute Gasteiger partial charge is 0.240 e. The molecule has 0 radical (unpaired) electrons. The van der Waals surface area contributed by atoms with E-state index >= 15 is 0 Å². The molecule has 2 atom stereocenters. The summed E-state index contributed by atoms with van der Waals surface area (Å²) in [6, 6.07) is 6.87. The number of aryl methyl sites for hydroxylation is 1. The van der Waals surface area contributed by atoms with Crippen LogP contribution in [0.1, 0.15) is 57.1 Å². The van der Waals surface area contributed by atoms with Crippen molar-refractivity contribution in [2.45, 2.75) is 70.1 Å². The second-order valence-electron chi connectivity index (χ2n) is 8.45. The highest BCUT2D eigenvalue weighted by molar-refractivity contribution is 6.35. The average molecular weight is 418 g/mol. The molecule has 1 aliphatic heterocycles. The van der Waals surface area contributed by atoms with E-state index in [0.29, 0.717) is 6.04 Å². The maximum Gasteiger partial charge on any atom is 0.240 e. The number of piperidine rings is 1. The standard InChI is InChI=1S/C23H32ClN3O2/c1-16(27(18-8-9-18)23(28)21-6-3-4-11-25-21)17-7-10-19-20(24)15-26(22(19)14-17)12-5-13-29-2/h7,10,14-16,18,21,25H,3-6,8-9,11-13H2,1-2H3/t16-,21-/m1/s1. The quantitative estimate of drug-likeness (QED) is 0.642. The van der Waals surface area contributed by atoms with E-state index in [1.807, 2.05) is 6.20 Å². The lowest BCUT2D eigenvalue weighted by Crippen LogP contribution is -2.50. The zero-order valence-electron chi connectivity index (χ0n) is 17.5. The van der Waals surface area contributed by atoms with Gasteiger partial charge in [-0.15, -0.1) is 0 Å². The molecule has 1 amide bonds. The molecule has 6 heteroatoms. The van der Waals surface area contributed by atoms with Crippen molar-refractivity contribution in [2.24, 2.45) is 0 Å². The number of aromatic nitrogens is 1. The van der Waals surface area contributed by atoms with Gasteiger partial charge in [-0.25, -0.2) is 0 Å². The van der Waals surface area contributed by atoms with Crippen LogP contribution in [-0.2, 0) is 16.1 Å². The second-order valence-corrected chi connectivity index (χ2v) is 8.86. The van der Waals surface area contributed by atoms with Gasteiger partial charge in [0.25, 0.3) is 0 Å². The summed E-state index contributed by atoms with van der Waals surface area (Å²) >= 11 is 6.47. The molecule has 2 heterocycles. The molecule has 2 fully saturated rings. The number of ether oxygens (including phenoxy) is 1. The normalized spacial score (nSPS) is 20.7. The van der Waals surface area contributed by atoms with Crippen LogP contribution in [0.5, 0.6) is 0 Å². The number of rotatable bonds is 8. The van der Waals surface area contributed by atoms with Crippen molar-refractivity contribution < 1.29 is 9.53 Å². The van der Waals surface area contributed by atoms with Crippen molar-refractivity contribution in [2.75, 3.05) is 20.3 Å². The number of carbonyl (C=O) groups is 1. The van der Waals surface area contributed by atoms with Crippen LogP contribution in [-0.4, -0.2) is 47.7 Å². The largest absolute Gasteiger partial charge is 0.385 e. The zero-order chi connectivity index (χ0) is 20.4. The summed E-state index contributed by atoms with van der Waals surface area (Å²) in [5.74, 6) is 0.272. The number of hydrogen-bond acceptors (Lipinski definition) is 3. The minimum Gasteiger partial charge on any atom is -0.385 e. The highest BCUT2D eigenvalue weighted by Crippen LogP contribution is 2.37. The second kappa shape index (κ2) is 9.07. The van der Waals surface area contributed by atoms with Gasteiger partial charge in [0.2, 0.25) is 5.91 Å². The van der Waals surface area contributed by atoms with Gasteiger partial charge in [0, 0.05) is 43.4 Å². The molecule has 1 saturated carbocycles. The number of nitrogens with one attached hydrogen (secondary N) is 1. The molecule has 0 bridgehead atoms. The maximum absolute atomic E-state index is 13.3. The van der Waals surface area contributed by atoms with Crippen LogP contribution in [0, 0.1) is 0 Å². The molecule has 158 valence electrons. The minimum atomic E-state index is -0.0251. The van der Waals surface area contributed by atoms with Crippen molar-refractivity contribution in [3.05, 3.63) is 35.0 Å². The highest BCUT2D eigenvalue weighted by Gasteiger charge is 2.39. The molecule has 0 spiro atoms. The fourth-order valence-corrected chi connectivity index (χ4v) is 4.81. The molecule has 1 aromatic carbocycles. The third-order valence-electron chi connectivity index (χ3n) is 6.31. The summed E-state index contributed by atoms with van der Waals surface area (Å²) in [5, 5.41) is 5.28. The van der Waals surface area contributed by atoms with Gasteiger partial charge >= 0.3 is 0 Å². The topological polar surface area (TPSA) is 46.5 Å². The molecule has 29 heavy (non-hydrogen) atoms. The number of benzene rings is 1. The van der Waals surface area contributed by atoms with Gasteiger partial charge in [0.05, 0.1) is 17.1 Å². The molecule has 1 N–H and O–H groups in total. The van der Waals surface area contributed by atoms with Crippen molar-refractivity contribution in [3.63, 3.8) is 0 Å². The molecule has 1 aliphatic carbocycles. The van der Waals surface area contributed by atoms with Gasteiger partial charge in [-0.3, -0.25) is 4.79 Å². The Balaban J connectivity index is 1.59. The van der Waals surface area contributed by atoms with E-state index in [1.54, 1.807) is 7.11 Å². The van der Waals surface area contributed by atoms with Gasteiger partial charge in [0.15, 0.2) is 0 Å². The Morgan fingerprint density at radius 2 is 2.17 bits per heavy atom. The summed E-state index contributed by atoms with van der Waals surface area (Å²) in [6.07, 6.45) is 8.43. The van der Waals surface area contributed by atoms with Gasteiger partial charge in [-0.2, -0.15) is 0 Å². The summed E-state index contributed by atoms with van der Waals surface area (Å²) in [4.78, 5) is 15.5. The van der Waals surface area contributed by atoms with Crippen molar-refractivity contribution in [1.82, 2.24) is 14.8 Å². The number of methoxy groups -OCH3 is 1. The maximum atomic E-state index is 13.3. The lowest BCUT2D eigenvalue weighted by atomic mass is 10.0. The lowest BCUT2D eigenvalue weighted by Gasteiger charge is -2.34. The van der Waals surface area contributed by atoms with Crippen molar-refractivity contribution in [1.29, 1.82) is 0 Å². The third-order valence-corrected chi connectivity index (χ3v) is 6.61. The molecule has 0 unspecified atom stereocenters. The third kappa shape index (κ3) is 4.47. The SMILES string of the molecule is COCCCn1cc(Cl)c2ccc([C@@H](C)N(C(=O)[C@H]3CCCCN3)C3CC3)cc21. The molecular formula is C23H32ClN3O2. The zero-order valence-corrected chi connectivity index (χ0v) is 18.3. The van der Waals surface area contributed by atoms with E-state index < -0.39 is 0 Å². The number of nitrogens with zero attached hydrogens (tertiary/aromatic N) is 2. The van der Waals surface area contributed by atoms with E-state index in [9.17, 15) is 4.79 Å². The molecular weight excluding hydrogens is 386 g/mol. The Hall–Kier alpha value is -1.56. The average Bonchev–Trinajstić information content (AvgIpc) is 3.53. The van der Waals surface area contributed by atoms with Crippen molar-refractivity contribution in [3.8, 4) is 0 Å². The first-order valence-electron chi connectivity index (χ1n) is 10.9. The predicted octanol–water partition coefficient (Wildman–Crippen LogP) is 4.53. The van der Waals surface area contributed by atoms with E-state index in [0.717, 1.165) is 67.7 Å². The first-order valence-corrected chi connectivity index (χ1v) is 11.3. The van der Waals surface area contributed by atoms with E-state index in [1.165, 1.54) is 12.0 Å². The number of hydrogen-bond donors (Lipinski definition) is 1. The van der Waals surface area contributed by atoms with Gasteiger partial charge in [-0.05, 0) is 57.2 Å². The van der Waals surface area contributed by atoms with Gasteiger partial charge in [0.1, 0.15) is 0 Å². The fourth-order valence-electron chi connectivity index (χ4n) is 4.53. The van der Waals surface area contributed by atoms with Crippen LogP contribution in [0.25, 0.3) is 10.9 Å². The van der Waals surface area contributed by atoms with E-state index in [-0.39, 0.29) is 18.0 Å². The first-order chi connectivity index (χ1) is 14.1. The Morgan fingerprint density at radius 1 is 1.34 bits per heavy atom.